The van der Waals surface area contributed by atoms with Crippen LogP contribution in [-0.2, 0) is 16.0 Å². The molecule has 7 nitrogen and oxygen atoms in total. The fourth-order valence-electron chi connectivity index (χ4n) is 5.28. The molecule has 1 aromatic heterocycles. The molecule has 2 heterocycles. The van der Waals surface area contributed by atoms with E-state index >= 15 is 0 Å². The molecule has 1 aliphatic heterocycles. The summed E-state index contributed by atoms with van der Waals surface area (Å²) in [5.74, 6) is 1.15. The molecule has 3 aromatic rings. The fourth-order valence-corrected chi connectivity index (χ4v) is 5.54. The van der Waals surface area contributed by atoms with Crippen molar-refractivity contribution in [3.63, 3.8) is 0 Å². The molecule has 1 saturated carbocycles. The quantitative estimate of drug-likeness (QED) is 0.397. The summed E-state index contributed by atoms with van der Waals surface area (Å²) in [4.78, 5) is 14.8. The number of amides is 1. The zero-order chi connectivity index (χ0) is 27.9. The van der Waals surface area contributed by atoms with Gasteiger partial charge in [0.2, 0.25) is 6.41 Å². The molecule has 10 heteroatoms. The van der Waals surface area contributed by atoms with Gasteiger partial charge in [0.25, 0.3) is 6.43 Å². The van der Waals surface area contributed by atoms with Gasteiger partial charge in [-0.05, 0) is 36.1 Å². The molecule has 5 rings (SSSR count). The van der Waals surface area contributed by atoms with Crippen LogP contribution in [0.5, 0.6) is 11.5 Å². The van der Waals surface area contributed by atoms with Crippen molar-refractivity contribution < 1.29 is 33.3 Å². The predicted molar refractivity (Wildman–Crippen MR) is 142 cm³/mol. The highest BCUT2D eigenvalue weighted by Crippen LogP contribution is 2.67. The SMILES string of the molecule is CN(C=O)CC(F)F.CO.COc1cncc2c1C1(O)CCC(c3ccccc3)C1(c1ccc(Br)cc1)O2. The number of pyridine rings is 1. The van der Waals surface area contributed by atoms with Crippen LogP contribution in [0.3, 0.4) is 0 Å². The highest BCUT2D eigenvalue weighted by Gasteiger charge is 2.69. The van der Waals surface area contributed by atoms with E-state index in [0.29, 0.717) is 29.9 Å². The van der Waals surface area contributed by atoms with Gasteiger partial charge in [0.05, 0.1) is 31.6 Å². The first-order valence-corrected chi connectivity index (χ1v) is 12.7. The summed E-state index contributed by atoms with van der Waals surface area (Å²) in [6.45, 7) is -0.483. The Balaban J connectivity index is 0.000000346. The van der Waals surface area contributed by atoms with Crippen LogP contribution in [0.1, 0.15) is 35.4 Å². The first kappa shape index (κ1) is 29.5. The number of alkyl halides is 2. The van der Waals surface area contributed by atoms with E-state index < -0.39 is 24.2 Å². The average molecular weight is 593 g/mol. The second-order valence-electron chi connectivity index (χ2n) is 8.86. The van der Waals surface area contributed by atoms with Crippen LogP contribution >= 0.6 is 15.9 Å². The maximum Gasteiger partial charge on any atom is 0.255 e. The molecule has 0 spiro atoms. The molecule has 0 saturated heterocycles. The van der Waals surface area contributed by atoms with Crippen molar-refractivity contribution in [2.45, 2.75) is 36.4 Å². The number of methoxy groups -OCH3 is 1. The van der Waals surface area contributed by atoms with Crippen LogP contribution < -0.4 is 9.47 Å². The van der Waals surface area contributed by atoms with E-state index in [1.165, 1.54) is 7.05 Å². The van der Waals surface area contributed by atoms with E-state index in [4.69, 9.17) is 14.6 Å². The van der Waals surface area contributed by atoms with Gasteiger partial charge in [0, 0.05) is 24.5 Å². The zero-order valence-electron chi connectivity index (χ0n) is 21.4. The summed E-state index contributed by atoms with van der Waals surface area (Å²) in [5.41, 5.74) is 0.661. The molecular formula is C28H31BrF2N2O5. The van der Waals surface area contributed by atoms with Gasteiger partial charge in [-0.25, -0.2) is 8.78 Å². The van der Waals surface area contributed by atoms with Gasteiger partial charge >= 0.3 is 0 Å². The first-order valence-electron chi connectivity index (χ1n) is 11.9. The molecule has 1 aliphatic carbocycles. The number of ether oxygens (including phenoxy) is 2. The third-order valence-electron chi connectivity index (χ3n) is 6.76. The topological polar surface area (TPSA) is 92.1 Å². The van der Waals surface area contributed by atoms with Crippen LogP contribution in [0.25, 0.3) is 0 Å². The standard InChI is InChI=1S/C23H20BrNO3.C4H7F2NO.CH4O/c1-27-19-13-25-14-20-21(19)22(26)12-11-18(15-5-3-2-4-6-15)23(22,28-20)16-7-9-17(24)10-8-16;1-7(3-8)2-4(5)6;1-2/h2-10,13-14,18,26H,11-12H2,1H3;3-4H,2H2,1H3;2H,1H3. The lowest BCUT2D eigenvalue weighted by molar-refractivity contribution is -0.118. The molecule has 2 aliphatic rings. The molecule has 2 aromatic carbocycles. The number of benzene rings is 2. The normalized spacial score (nSPS) is 22.6. The second kappa shape index (κ2) is 12.6. The van der Waals surface area contributed by atoms with Crippen LogP contribution in [0, 0.1) is 0 Å². The van der Waals surface area contributed by atoms with E-state index in [-0.39, 0.29) is 5.92 Å². The molecule has 1 fully saturated rings. The van der Waals surface area contributed by atoms with Gasteiger partial charge in [0.1, 0.15) is 17.1 Å². The summed E-state index contributed by atoms with van der Waals surface area (Å²) < 4.78 is 35.7. The number of carbonyl (C=O) groups excluding carboxylic acids is 1. The summed E-state index contributed by atoms with van der Waals surface area (Å²) in [5, 5.41) is 19.2. The van der Waals surface area contributed by atoms with Crippen LogP contribution in [0.4, 0.5) is 8.78 Å². The number of aromatic nitrogens is 1. The Morgan fingerprint density at radius 3 is 2.39 bits per heavy atom. The number of hydrogen-bond acceptors (Lipinski definition) is 6. The third kappa shape index (κ3) is 5.39. The van der Waals surface area contributed by atoms with Gasteiger partial charge in [-0.3, -0.25) is 9.78 Å². The van der Waals surface area contributed by atoms with Crippen LogP contribution in [0.15, 0.2) is 71.5 Å². The first-order chi connectivity index (χ1) is 18.3. The number of fused-ring (bicyclic) bond motifs is 3. The monoisotopic (exact) mass is 592 g/mol. The Hall–Kier alpha value is -3.08. The Morgan fingerprint density at radius 1 is 1.18 bits per heavy atom. The highest BCUT2D eigenvalue weighted by atomic mass is 79.9. The molecular weight excluding hydrogens is 562 g/mol. The van der Waals surface area contributed by atoms with Gasteiger partial charge < -0.3 is 24.6 Å². The van der Waals surface area contributed by atoms with E-state index in [2.05, 4.69) is 33.0 Å². The number of aliphatic hydroxyl groups is 2. The molecule has 1 amide bonds. The van der Waals surface area contributed by atoms with Crippen molar-refractivity contribution in [2.24, 2.45) is 0 Å². The van der Waals surface area contributed by atoms with Crippen molar-refractivity contribution in [1.82, 2.24) is 9.88 Å². The van der Waals surface area contributed by atoms with Gasteiger partial charge in [-0.2, -0.15) is 0 Å². The lowest BCUT2D eigenvalue weighted by atomic mass is 9.72. The molecule has 38 heavy (non-hydrogen) atoms. The van der Waals surface area contributed by atoms with Crippen molar-refractivity contribution >= 4 is 22.3 Å². The number of carbonyl (C=O) groups is 1. The zero-order valence-corrected chi connectivity index (χ0v) is 22.9. The van der Waals surface area contributed by atoms with Crippen LogP contribution in [-0.4, -0.2) is 60.7 Å². The summed E-state index contributed by atoms with van der Waals surface area (Å²) in [6, 6.07) is 18.3. The minimum Gasteiger partial charge on any atom is -0.495 e. The van der Waals surface area contributed by atoms with Crippen molar-refractivity contribution in [3.8, 4) is 11.5 Å². The lowest BCUT2D eigenvalue weighted by Gasteiger charge is -2.40. The summed E-state index contributed by atoms with van der Waals surface area (Å²) >= 11 is 3.52. The van der Waals surface area contributed by atoms with Gasteiger partial charge in [-0.1, -0.05) is 58.4 Å². The predicted octanol–water partition coefficient (Wildman–Crippen LogP) is 4.85. The number of halogens is 3. The fraction of sp³-hybridized carbons (Fsp3) is 0.357. The number of nitrogens with zero attached hydrogens (tertiary/aromatic N) is 2. The van der Waals surface area contributed by atoms with Crippen molar-refractivity contribution in [3.05, 3.63) is 88.2 Å². The maximum atomic E-state index is 12.2. The minimum atomic E-state index is -2.43. The largest absolute Gasteiger partial charge is 0.495 e. The van der Waals surface area contributed by atoms with E-state index in [1.807, 2.05) is 42.5 Å². The summed E-state index contributed by atoms with van der Waals surface area (Å²) in [6.07, 6.45) is 2.65. The summed E-state index contributed by atoms with van der Waals surface area (Å²) in [7, 11) is 3.91. The highest BCUT2D eigenvalue weighted by molar-refractivity contribution is 9.10. The van der Waals surface area contributed by atoms with E-state index in [0.717, 1.165) is 34.0 Å². The smallest absolute Gasteiger partial charge is 0.255 e. The molecule has 3 unspecified atom stereocenters. The number of aliphatic hydroxyl groups excluding tert-OH is 1. The third-order valence-corrected chi connectivity index (χ3v) is 7.29. The van der Waals surface area contributed by atoms with Gasteiger partial charge in [0.15, 0.2) is 5.60 Å². The van der Waals surface area contributed by atoms with Crippen molar-refractivity contribution in [1.29, 1.82) is 0 Å². The van der Waals surface area contributed by atoms with Crippen LogP contribution in [0.2, 0.25) is 0 Å². The lowest BCUT2D eigenvalue weighted by Crippen LogP contribution is -2.48. The Bertz CT molecular complexity index is 1200. The van der Waals surface area contributed by atoms with E-state index in [1.54, 1.807) is 19.5 Å². The van der Waals surface area contributed by atoms with Crippen molar-refractivity contribution in [2.75, 3.05) is 27.8 Å². The Kier molecular flexibility index (Phi) is 9.81. The Morgan fingerprint density at radius 2 is 1.84 bits per heavy atom. The Labute approximate surface area is 229 Å². The molecule has 2 N–H and O–H groups in total. The van der Waals surface area contributed by atoms with E-state index in [9.17, 15) is 18.7 Å². The second-order valence-corrected chi connectivity index (χ2v) is 9.77. The molecule has 0 bridgehead atoms. The number of rotatable bonds is 6. The molecule has 0 radical (unpaired) electrons. The average Bonchev–Trinajstić information content (AvgIpc) is 3.37. The maximum absolute atomic E-state index is 12.2. The molecule has 204 valence electrons. The molecule has 3 atom stereocenters. The minimum absolute atomic E-state index is 0.00279. The number of hydrogen-bond donors (Lipinski definition) is 2. The van der Waals surface area contributed by atoms with Gasteiger partial charge in [-0.15, -0.1) is 0 Å².